The maximum atomic E-state index is 5.61. The molecule has 5 nitrogen and oxygen atoms in total. The fraction of sp³-hybridized carbons (Fsp3) is 0.188. The molecule has 0 bridgehead atoms. The second-order valence-corrected chi connectivity index (χ2v) is 4.90. The molecule has 0 saturated heterocycles. The second-order valence-electron chi connectivity index (χ2n) is 4.90. The van der Waals surface area contributed by atoms with Crippen LogP contribution in [-0.2, 0) is 6.42 Å². The van der Waals surface area contributed by atoms with Crippen LogP contribution in [0.5, 0.6) is 0 Å². The monoisotopic (exact) mass is 279 g/mol. The van der Waals surface area contributed by atoms with Crippen molar-refractivity contribution < 1.29 is 0 Å². The van der Waals surface area contributed by atoms with Gasteiger partial charge in [0.25, 0.3) is 0 Å². The maximum Gasteiger partial charge on any atom is 0.123 e. The number of rotatable bonds is 4. The first-order valence-corrected chi connectivity index (χ1v) is 6.98. The summed E-state index contributed by atoms with van der Waals surface area (Å²) in [5, 5.41) is 4.42. The summed E-state index contributed by atoms with van der Waals surface area (Å²) in [6.45, 7) is 2.15. The van der Waals surface area contributed by atoms with E-state index in [1.54, 1.807) is 12.3 Å². The predicted octanol–water partition coefficient (Wildman–Crippen LogP) is 2.86. The van der Waals surface area contributed by atoms with Crippen molar-refractivity contribution in [3.63, 3.8) is 0 Å². The Balaban J connectivity index is 1.91. The zero-order valence-corrected chi connectivity index (χ0v) is 11.9. The Morgan fingerprint density at radius 2 is 2.00 bits per heavy atom. The maximum absolute atomic E-state index is 5.61. The highest BCUT2D eigenvalue weighted by molar-refractivity contribution is 5.62. The van der Waals surface area contributed by atoms with Crippen LogP contribution in [0.15, 0.2) is 49.1 Å². The van der Waals surface area contributed by atoms with Gasteiger partial charge >= 0.3 is 0 Å². The largest absolute Gasteiger partial charge is 0.384 e. The van der Waals surface area contributed by atoms with E-state index < -0.39 is 0 Å². The topological polar surface area (TPSA) is 69.6 Å². The third-order valence-corrected chi connectivity index (χ3v) is 3.27. The number of hydrogen-bond donors (Lipinski definition) is 1. The molecule has 0 aliphatic rings. The third-order valence-electron chi connectivity index (χ3n) is 3.27. The number of nitrogen functional groups attached to an aromatic ring is 1. The van der Waals surface area contributed by atoms with Crippen molar-refractivity contribution in [3.05, 3.63) is 54.7 Å². The SMILES string of the molecule is CCCc1cc(-n2cc(-c3ccc(N)nc3)cn2)ccn1. The lowest BCUT2D eigenvalue weighted by Gasteiger charge is -2.03. The summed E-state index contributed by atoms with van der Waals surface area (Å²) < 4.78 is 1.85. The Morgan fingerprint density at radius 3 is 2.76 bits per heavy atom. The van der Waals surface area contributed by atoms with Gasteiger partial charge in [-0.3, -0.25) is 4.98 Å². The molecule has 0 saturated carbocycles. The van der Waals surface area contributed by atoms with Gasteiger partial charge in [0, 0.05) is 35.4 Å². The highest BCUT2D eigenvalue weighted by Crippen LogP contribution is 2.20. The van der Waals surface area contributed by atoms with E-state index in [1.165, 1.54) is 0 Å². The van der Waals surface area contributed by atoms with Crippen LogP contribution in [0.25, 0.3) is 16.8 Å². The normalized spacial score (nSPS) is 10.7. The van der Waals surface area contributed by atoms with E-state index in [9.17, 15) is 0 Å². The Morgan fingerprint density at radius 1 is 1.10 bits per heavy atom. The van der Waals surface area contributed by atoms with Crippen LogP contribution < -0.4 is 5.73 Å². The molecule has 3 rings (SSSR count). The molecule has 106 valence electrons. The Bertz CT molecular complexity index is 730. The molecule has 0 radical (unpaired) electrons. The zero-order chi connectivity index (χ0) is 14.7. The minimum Gasteiger partial charge on any atom is -0.384 e. The molecule has 3 aromatic rings. The van der Waals surface area contributed by atoms with E-state index in [0.29, 0.717) is 5.82 Å². The van der Waals surface area contributed by atoms with Crippen molar-refractivity contribution in [2.45, 2.75) is 19.8 Å². The molecular weight excluding hydrogens is 262 g/mol. The lowest BCUT2D eigenvalue weighted by molar-refractivity contribution is 0.848. The number of anilines is 1. The number of nitrogens with two attached hydrogens (primary N) is 1. The summed E-state index contributed by atoms with van der Waals surface area (Å²) >= 11 is 0. The lowest BCUT2D eigenvalue weighted by Crippen LogP contribution is -1.97. The molecule has 0 aliphatic heterocycles. The van der Waals surface area contributed by atoms with Gasteiger partial charge in [0.15, 0.2) is 0 Å². The number of aromatic nitrogens is 4. The van der Waals surface area contributed by atoms with Gasteiger partial charge in [-0.2, -0.15) is 5.10 Å². The molecule has 2 N–H and O–H groups in total. The first kappa shape index (κ1) is 13.3. The number of hydrogen-bond acceptors (Lipinski definition) is 4. The van der Waals surface area contributed by atoms with Crippen molar-refractivity contribution in [2.75, 3.05) is 5.73 Å². The molecular formula is C16H17N5. The van der Waals surface area contributed by atoms with Gasteiger partial charge in [-0.1, -0.05) is 13.3 Å². The van der Waals surface area contributed by atoms with E-state index in [4.69, 9.17) is 5.73 Å². The number of aryl methyl sites for hydroxylation is 1. The highest BCUT2D eigenvalue weighted by Gasteiger charge is 2.05. The summed E-state index contributed by atoms with van der Waals surface area (Å²) in [4.78, 5) is 8.47. The third kappa shape index (κ3) is 2.91. The van der Waals surface area contributed by atoms with Crippen molar-refractivity contribution in [2.24, 2.45) is 0 Å². The number of nitrogens with zero attached hydrogens (tertiary/aromatic N) is 4. The fourth-order valence-corrected chi connectivity index (χ4v) is 2.19. The average Bonchev–Trinajstić information content (AvgIpc) is 2.98. The molecule has 5 heteroatoms. The molecule has 0 fully saturated rings. The van der Waals surface area contributed by atoms with Crippen molar-refractivity contribution in [3.8, 4) is 16.8 Å². The van der Waals surface area contributed by atoms with Crippen LogP contribution in [-0.4, -0.2) is 19.7 Å². The fourth-order valence-electron chi connectivity index (χ4n) is 2.19. The summed E-state index contributed by atoms with van der Waals surface area (Å²) in [5.41, 5.74) is 9.72. The van der Waals surface area contributed by atoms with Gasteiger partial charge in [-0.15, -0.1) is 0 Å². The minimum atomic E-state index is 0.518. The van der Waals surface area contributed by atoms with Crippen molar-refractivity contribution in [1.82, 2.24) is 19.7 Å². The quantitative estimate of drug-likeness (QED) is 0.797. The lowest BCUT2D eigenvalue weighted by atomic mass is 10.2. The van der Waals surface area contributed by atoms with Crippen LogP contribution in [0.1, 0.15) is 19.0 Å². The van der Waals surface area contributed by atoms with E-state index in [0.717, 1.165) is 35.3 Å². The van der Waals surface area contributed by atoms with Gasteiger partial charge < -0.3 is 5.73 Å². The first-order valence-electron chi connectivity index (χ1n) is 6.98. The second kappa shape index (κ2) is 5.75. The Kier molecular flexibility index (Phi) is 3.64. The summed E-state index contributed by atoms with van der Waals surface area (Å²) in [6, 6.07) is 7.76. The first-order chi connectivity index (χ1) is 10.3. The molecule has 0 aromatic carbocycles. The van der Waals surface area contributed by atoms with Gasteiger partial charge in [-0.25, -0.2) is 9.67 Å². The van der Waals surface area contributed by atoms with E-state index in [1.807, 2.05) is 35.4 Å². The molecule has 0 spiro atoms. The smallest absolute Gasteiger partial charge is 0.123 e. The Hall–Kier alpha value is -2.69. The predicted molar refractivity (Wildman–Crippen MR) is 83.0 cm³/mol. The summed E-state index contributed by atoms with van der Waals surface area (Å²) in [6.07, 6.45) is 9.45. The van der Waals surface area contributed by atoms with Gasteiger partial charge in [0.2, 0.25) is 0 Å². The van der Waals surface area contributed by atoms with E-state index in [-0.39, 0.29) is 0 Å². The molecule has 3 heterocycles. The van der Waals surface area contributed by atoms with E-state index >= 15 is 0 Å². The standard InChI is InChI=1S/C16H17N5/c1-2-3-14-8-15(6-7-18-14)21-11-13(10-20-21)12-4-5-16(17)19-9-12/h4-11H,2-3H2,1H3,(H2,17,19). The van der Waals surface area contributed by atoms with Crippen LogP contribution in [0.4, 0.5) is 5.82 Å². The van der Waals surface area contributed by atoms with Crippen LogP contribution in [0, 0.1) is 0 Å². The zero-order valence-electron chi connectivity index (χ0n) is 11.9. The highest BCUT2D eigenvalue weighted by atomic mass is 15.3. The van der Waals surface area contributed by atoms with Crippen LogP contribution in [0.3, 0.4) is 0 Å². The van der Waals surface area contributed by atoms with Crippen LogP contribution in [0.2, 0.25) is 0 Å². The molecule has 0 aliphatic carbocycles. The molecule has 3 aromatic heterocycles. The number of pyridine rings is 2. The van der Waals surface area contributed by atoms with Gasteiger partial charge in [0.05, 0.1) is 11.9 Å². The Labute approximate surface area is 123 Å². The average molecular weight is 279 g/mol. The van der Waals surface area contributed by atoms with E-state index in [2.05, 4.69) is 28.1 Å². The van der Waals surface area contributed by atoms with Crippen LogP contribution >= 0.6 is 0 Å². The van der Waals surface area contributed by atoms with Crippen molar-refractivity contribution >= 4 is 5.82 Å². The minimum absolute atomic E-state index is 0.518. The molecule has 0 amide bonds. The summed E-state index contributed by atoms with van der Waals surface area (Å²) in [7, 11) is 0. The van der Waals surface area contributed by atoms with Gasteiger partial charge in [-0.05, 0) is 30.7 Å². The molecule has 0 unspecified atom stereocenters. The van der Waals surface area contributed by atoms with Gasteiger partial charge in [0.1, 0.15) is 5.82 Å². The summed E-state index contributed by atoms with van der Waals surface area (Å²) in [5.74, 6) is 0.518. The molecule has 21 heavy (non-hydrogen) atoms. The molecule has 0 atom stereocenters. The van der Waals surface area contributed by atoms with Crippen molar-refractivity contribution in [1.29, 1.82) is 0 Å².